The molecule has 30 heavy (non-hydrogen) atoms. The average molecular weight is 403 g/mol. The molecule has 7 nitrogen and oxygen atoms in total. The summed E-state index contributed by atoms with van der Waals surface area (Å²) in [5.74, 6) is 1.29. The number of non-ortho nitro benzene ring substituents is 1. The van der Waals surface area contributed by atoms with E-state index in [1.54, 1.807) is 25.3 Å². The van der Waals surface area contributed by atoms with Crippen molar-refractivity contribution in [1.29, 1.82) is 0 Å². The van der Waals surface area contributed by atoms with Crippen molar-refractivity contribution in [3.8, 4) is 22.6 Å². The minimum absolute atomic E-state index is 0.0410. The molecule has 4 aromatic rings. The van der Waals surface area contributed by atoms with Gasteiger partial charge in [0.25, 0.3) is 5.69 Å². The molecule has 150 valence electrons. The fraction of sp³-hybridized carbons (Fsp3) is 0.0870. The van der Waals surface area contributed by atoms with Crippen molar-refractivity contribution < 1.29 is 18.8 Å². The summed E-state index contributed by atoms with van der Waals surface area (Å²) >= 11 is 0. The van der Waals surface area contributed by atoms with Gasteiger partial charge >= 0.3 is 0 Å². The summed E-state index contributed by atoms with van der Waals surface area (Å²) in [7, 11) is 1.60. The molecular weight excluding hydrogens is 386 g/mol. The maximum atomic E-state index is 12.9. The topological polar surface area (TPSA) is 91.8 Å². The van der Waals surface area contributed by atoms with Crippen molar-refractivity contribution in [3.05, 3.63) is 98.9 Å². The second-order valence-corrected chi connectivity index (χ2v) is 6.54. The standard InChI is InChI=1S/C23H17NO6/c1-28-21-5-3-2-4-16(21)13-29-18-10-11-19-22(12-18)30-14-20(23(19)25)15-6-8-17(9-7-15)24(26)27/h2-12,14H,13H2,1H3. The number of nitro groups is 1. The normalized spacial score (nSPS) is 10.7. The van der Waals surface area contributed by atoms with Crippen molar-refractivity contribution in [2.75, 3.05) is 7.11 Å². The summed E-state index contributed by atoms with van der Waals surface area (Å²) in [4.78, 5) is 23.2. The van der Waals surface area contributed by atoms with Crippen molar-refractivity contribution in [2.45, 2.75) is 6.61 Å². The van der Waals surface area contributed by atoms with E-state index in [9.17, 15) is 14.9 Å². The lowest BCUT2D eigenvalue weighted by Crippen LogP contribution is -2.05. The Morgan fingerprint density at radius 3 is 2.53 bits per heavy atom. The fourth-order valence-corrected chi connectivity index (χ4v) is 3.14. The van der Waals surface area contributed by atoms with Gasteiger partial charge in [0.2, 0.25) is 0 Å². The summed E-state index contributed by atoms with van der Waals surface area (Å²) < 4.78 is 16.8. The zero-order chi connectivity index (χ0) is 21.1. The summed E-state index contributed by atoms with van der Waals surface area (Å²) in [6.45, 7) is 0.306. The van der Waals surface area contributed by atoms with Crippen molar-refractivity contribution in [2.24, 2.45) is 0 Å². The van der Waals surface area contributed by atoms with Crippen LogP contribution in [0.25, 0.3) is 22.1 Å². The SMILES string of the molecule is COc1ccccc1COc1ccc2c(=O)c(-c3ccc([N+](=O)[O-])cc3)coc2c1. The van der Waals surface area contributed by atoms with E-state index < -0.39 is 4.92 Å². The third kappa shape index (κ3) is 3.73. The molecule has 0 fully saturated rings. The lowest BCUT2D eigenvalue weighted by atomic mass is 10.1. The number of nitrogens with zero attached hydrogens (tertiary/aromatic N) is 1. The van der Waals surface area contributed by atoms with Crippen LogP contribution in [0.4, 0.5) is 5.69 Å². The number of hydrogen-bond donors (Lipinski definition) is 0. The minimum atomic E-state index is -0.487. The van der Waals surface area contributed by atoms with Gasteiger partial charge in [-0.3, -0.25) is 14.9 Å². The molecule has 0 aliphatic rings. The Kier molecular flexibility index (Phi) is 5.17. The number of methoxy groups -OCH3 is 1. The van der Waals surface area contributed by atoms with Crippen LogP contribution in [0.5, 0.6) is 11.5 Å². The van der Waals surface area contributed by atoms with E-state index in [4.69, 9.17) is 13.9 Å². The molecule has 0 amide bonds. The molecule has 0 unspecified atom stereocenters. The largest absolute Gasteiger partial charge is 0.496 e. The van der Waals surface area contributed by atoms with Gasteiger partial charge in [0.15, 0.2) is 5.43 Å². The molecule has 0 bridgehead atoms. The molecule has 0 saturated heterocycles. The Bertz CT molecular complexity index is 1280. The zero-order valence-electron chi connectivity index (χ0n) is 16.0. The molecule has 0 aliphatic heterocycles. The molecule has 0 N–H and O–H groups in total. The van der Waals surface area contributed by atoms with Gasteiger partial charge in [0.05, 0.1) is 23.0 Å². The number of benzene rings is 3. The highest BCUT2D eigenvalue weighted by atomic mass is 16.6. The van der Waals surface area contributed by atoms with Gasteiger partial charge in [0.1, 0.15) is 30.0 Å². The highest BCUT2D eigenvalue weighted by molar-refractivity contribution is 5.82. The molecule has 4 rings (SSSR count). The second-order valence-electron chi connectivity index (χ2n) is 6.54. The average Bonchev–Trinajstić information content (AvgIpc) is 2.78. The van der Waals surface area contributed by atoms with Gasteiger partial charge in [-0.05, 0) is 35.9 Å². The molecule has 3 aromatic carbocycles. The molecule has 7 heteroatoms. The summed E-state index contributed by atoms with van der Waals surface area (Å²) in [5.41, 5.74) is 1.91. The predicted molar refractivity (Wildman–Crippen MR) is 112 cm³/mol. The van der Waals surface area contributed by atoms with Crippen LogP contribution >= 0.6 is 0 Å². The number of ether oxygens (including phenoxy) is 2. The maximum Gasteiger partial charge on any atom is 0.269 e. The first-order valence-electron chi connectivity index (χ1n) is 9.12. The number of fused-ring (bicyclic) bond motifs is 1. The quantitative estimate of drug-likeness (QED) is 0.334. The molecule has 0 spiro atoms. The van der Waals surface area contributed by atoms with Crippen molar-refractivity contribution >= 4 is 16.7 Å². The number of rotatable bonds is 6. The lowest BCUT2D eigenvalue weighted by Gasteiger charge is -2.10. The second kappa shape index (κ2) is 8.08. The molecule has 1 aromatic heterocycles. The van der Waals surface area contributed by atoms with Crippen LogP contribution in [-0.2, 0) is 6.61 Å². The predicted octanol–water partition coefficient (Wildman–Crippen LogP) is 4.96. The highest BCUT2D eigenvalue weighted by Crippen LogP contribution is 2.26. The summed E-state index contributed by atoms with van der Waals surface area (Å²) in [6.07, 6.45) is 1.36. The third-order valence-corrected chi connectivity index (χ3v) is 4.72. The van der Waals surface area contributed by atoms with Gasteiger partial charge in [-0.2, -0.15) is 0 Å². The van der Waals surface area contributed by atoms with Gasteiger partial charge in [-0.1, -0.05) is 18.2 Å². The van der Waals surface area contributed by atoms with E-state index in [-0.39, 0.29) is 11.1 Å². The van der Waals surface area contributed by atoms with E-state index in [1.165, 1.54) is 30.5 Å². The Morgan fingerprint density at radius 1 is 1.03 bits per heavy atom. The zero-order valence-corrected chi connectivity index (χ0v) is 16.0. The first kappa shape index (κ1) is 19.2. The van der Waals surface area contributed by atoms with Crippen LogP contribution < -0.4 is 14.9 Å². The van der Waals surface area contributed by atoms with E-state index in [0.717, 1.165) is 11.3 Å². The molecule has 1 heterocycles. The number of hydrogen-bond acceptors (Lipinski definition) is 6. The molecule has 0 aliphatic carbocycles. The molecule has 0 atom stereocenters. The number of nitro benzene ring substituents is 1. The molecule has 0 saturated carbocycles. The third-order valence-electron chi connectivity index (χ3n) is 4.72. The smallest absolute Gasteiger partial charge is 0.269 e. The lowest BCUT2D eigenvalue weighted by molar-refractivity contribution is -0.384. The van der Waals surface area contributed by atoms with Gasteiger partial charge in [0, 0.05) is 23.8 Å². The maximum absolute atomic E-state index is 12.9. The summed E-state index contributed by atoms with van der Waals surface area (Å²) in [6, 6.07) is 18.3. The van der Waals surface area contributed by atoms with Gasteiger partial charge in [-0.15, -0.1) is 0 Å². The first-order chi connectivity index (χ1) is 14.6. The van der Waals surface area contributed by atoms with Crippen LogP contribution in [0.3, 0.4) is 0 Å². The van der Waals surface area contributed by atoms with Crippen LogP contribution in [0.15, 0.2) is 82.2 Å². The van der Waals surface area contributed by atoms with E-state index in [2.05, 4.69) is 0 Å². The minimum Gasteiger partial charge on any atom is -0.496 e. The Balaban J connectivity index is 1.61. The van der Waals surface area contributed by atoms with Crippen LogP contribution in [0.2, 0.25) is 0 Å². The Morgan fingerprint density at radius 2 is 1.80 bits per heavy atom. The highest BCUT2D eigenvalue weighted by Gasteiger charge is 2.12. The van der Waals surface area contributed by atoms with E-state index >= 15 is 0 Å². The van der Waals surface area contributed by atoms with E-state index in [1.807, 2.05) is 24.3 Å². The number of para-hydroxylation sites is 1. The Labute approximate surface area is 171 Å². The van der Waals surface area contributed by atoms with Crippen molar-refractivity contribution in [3.63, 3.8) is 0 Å². The van der Waals surface area contributed by atoms with E-state index in [0.29, 0.717) is 34.5 Å². The van der Waals surface area contributed by atoms with Crippen LogP contribution in [0.1, 0.15) is 5.56 Å². The van der Waals surface area contributed by atoms with Gasteiger partial charge < -0.3 is 13.9 Å². The summed E-state index contributed by atoms with van der Waals surface area (Å²) in [5, 5.41) is 11.2. The Hall–Kier alpha value is -4.13. The van der Waals surface area contributed by atoms with Crippen molar-refractivity contribution in [1.82, 2.24) is 0 Å². The molecule has 0 radical (unpaired) electrons. The fourth-order valence-electron chi connectivity index (χ4n) is 3.14. The van der Waals surface area contributed by atoms with Crippen LogP contribution in [-0.4, -0.2) is 12.0 Å². The molecular formula is C23H17NO6. The van der Waals surface area contributed by atoms with Crippen LogP contribution in [0, 0.1) is 10.1 Å². The van der Waals surface area contributed by atoms with Gasteiger partial charge in [-0.25, -0.2) is 0 Å². The monoisotopic (exact) mass is 403 g/mol. The first-order valence-corrected chi connectivity index (χ1v) is 9.12.